The van der Waals surface area contributed by atoms with E-state index in [4.69, 9.17) is 29.7 Å². The fourth-order valence-corrected chi connectivity index (χ4v) is 7.33. The average Bonchev–Trinajstić information content (AvgIpc) is 3.57. The number of esters is 1. The van der Waals surface area contributed by atoms with Gasteiger partial charge < -0.3 is 50.5 Å². The number of carbonyl (C=O) groups is 6. The molecule has 2 aromatic heterocycles. The van der Waals surface area contributed by atoms with Gasteiger partial charge in [-0.2, -0.15) is 0 Å². The van der Waals surface area contributed by atoms with Crippen molar-refractivity contribution in [3.8, 4) is 11.4 Å². The molecule has 0 bridgehead atoms. The van der Waals surface area contributed by atoms with Crippen LogP contribution in [0.15, 0.2) is 65.5 Å². The number of nitrogens with two attached hydrogens (primary N) is 1. The number of anilines is 1. The Morgan fingerprint density at radius 3 is 2.39 bits per heavy atom. The Morgan fingerprint density at radius 1 is 0.984 bits per heavy atom. The number of amides is 5. The van der Waals surface area contributed by atoms with E-state index in [2.05, 4.69) is 21.3 Å². The minimum Gasteiger partial charge on any atom is -0.457 e. The van der Waals surface area contributed by atoms with Crippen LogP contribution in [-0.4, -0.2) is 69.8 Å². The van der Waals surface area contributed by atoms with E-state index in [1.807, 2.05) is 30.3 Å². The number of nitrogens with one attached hydrogen (secondary N) is 4. The summed E-state index contributed by atoms with van der Waals surface area (Å²) in [4.78, 5) is 96.1. The predicted octanol–water partition coefficient (Wildman–Crippen LogP) is 4.86. The smallest absolute Gasteiger partial charge is 0.457 e. The maximum Gasteiger partial charge on any atom is 0.510 e. The minimum atomic E-state index is -1.96. The fourth-order valence-electron chi connectivity index (χ4n) is 7.33. The highest BCUT2D eigenvalue weighted by atomic mass is 16.7. The number of benzene rings is 2. The van der Waals surface area contributed by atoms with Crippen LogP contribution in [0.5, 0.6) is 0 Å². The molecule has 18 heteroatoms. The Labute approximate surface area is 357 Å². The monoisotopic (exact) mass is 853 g/mol. The maximum absolute atomic E-state index is 13.8. The van der Waals surface area contributed by atoms with Crippen molar-refractivity contribution in [1.82, 2.24) is 25.5 Å². The molecule has 328 valence electrons. The van der Waals surface area contributed by atoms with Crippen LogP contribution in [0.25, 0.3) is 22.3 Å². The number of fused-ring (bicyclic) bond motifs is 5. The zero-order valence-corrected chi connectivity index (χ0v) is 35.4. The molecule has 0 radical (unpaired) electrons. The highest BCUT2D eigenvalue weighted by Crippen LogP contribution is 2.41. The number of para-hydroxylation sites is 1. The van der Waals surface area contributed by atoms with Gasteiger partial charge in [0.05, 0.1) is 29.0 Å². The van der Waals surface area contributed by atoms with Gasteiger partial charge in [-0.25, -0.2) is 24.2 Å². The van der Waals surface area contributed by atoms with E-state index in [-0.39, 0.29) is 68.2 Å². The molecule has 62 heavy (non-hydrogen) atoms. The summed E-state index contributed by atoms with van der Waals surface area (Å²) in [5, 5.41) is 11.4. The van der Waals surface area contributed by atoms with Gasteiger partial charge in [-0.15, -0.1) is 0 Å². The number of cyclic esters (lactones) is 1. The van der Waals surface area contributed by atoms with E-state index in [1.54, 1.807) is 76.4 Å². The molecule has 0 saturated carbocycles. The summed E-state index contributed by atoms with van der Waals surface area (Å²) in [5.41, 5.74) is 5.96. The number of hydrogen-bond donors (Lipinski definition) is 5. The molecule has 0 spiro atoms. The number of ether oxygens (including phenoxy) is 4. The molecule has 4 heterocycles. The number of nitrogens with zero attached hydrogens (tertiary/aromatic N) is 2. The van der Waals surface area contributed by atoms with E-state index < -0.39 is 59.3 Å². The molecule has 0 fully saturated rings. The van der Waals surface area contributed by atoms with Crippen LogP contribution in [0.4, 0.5) is 20.1 Å². The lowest BCUT2D eigenvalue weighted by Crippen LogP contribution is -2.55. The van der Waals surface area contributed by atoms with Crippen LogP contribution < -0.4 is 32.6 Å². The molecule has 6 N–H and O–H groups in total. The molecule has 2 aliphatic rings. The Hall–Kier alpha value is -6.98. The minimum absolute atomic E-state index is 0.0509. The lowest BCUT2D eigenvalue weighted by Gasteiger charge is -2.35. The summed E-state index contributed by atoms with van der Waals surface area (Å²) >= 11 is 0. The Kier molecular flexibility index (Phi) is 13.2. The lowest BCUT2D eigenvalue weighted by atomic mass is 9.85. The van der Waals surface area contributed by atoms with E-state index in [9.17, 15) is 33.6 Å². The van der Waals surface area contributed by atoms with Crippen molar-refractivity contribution in [2.45, 2.75) is 104 Å². The van der Waals surface area contributed by atoms with Crippen molar-refractivity contribution in [1.29, 1.82) is 0 Å². The second kappa shape index (κ2) is 18.3. The number of aromatic nitrogens is 2. The molecular weight excluding hydrogens is 803 g/mol. The van der Waals surface area contributed by atoms with Gasteiger partial charge in [0, 0.05) is 28.7 Å². The predicted molar refractivity (Wildman–Crippen MR) is 225 cm³/mol. The molecule has 0 unspecified atom stereocenters. The van der Waals surface area contributed by atoms with Crippen molar-refractivity contribution in [2.75, 3.05) is 11.9 Å². The first-order chi connectivity index (χ1) is 29.4. The van der Waals surface area contributed by atoms with Gasteiger partial charge in [-0.3, -0.25) is 14.4 Å². The third kappa shape index (κ3) is 9.96. The fraction of sp³-hybridized carbons (Fsp3) is 0.409. The van der Waals surface area contributed by atoms with Gasteiger partial charge in [-0.05, 0) is 81.8 Å². The first kappa shape index (κ1) is 44.6. The number of primary amides is 1. The molecule has 5 amide bonds. The van der Waals surface area contributed by atoms with Gasteiger partial charge in [0.15, 0.2) is 0 Å². The standard InChI is InChI=1S/C44H51N7O11/c1-7-44(30-20-33-35-27(19-26-11-8-9-12-31(26)48-35)21-51(33)38(54)29(30)23-59-39(44)55)62-42(58)60-22-25-14-16-28(17-15-25)47-36(52)32(13-10-18-46-40(45)56)49-37(53)34(24(2)3)50-41(57)61-43(4,5)6/h8-9,11-12,14-17,19-20,24,32,34H,7,10,13,18,21-23H2,1-6H3,(H,47,52)(H,49,53)(H,50,57)(H3,45,46,56)/t32-,34-,44-/m0/s1. The lowest BCUT2D eigenvalue weighted by molar-refractivity contribution is -0.175. The molecule has 6 rings (SSSR count). The average molecular weight is 854 g/mol. The van der Waals surface area contributed by atoms with Gasteiger partial charge in [0.25, 0.3) is 5.56 Å². The van der Waals surface area contributed by atoms with Gasteiger partial charge in [0.1, 0.15) is 30.9 Å². The molecule has 0 saturated heterocycles. The van der Waals surface area contributed by atoms with Crippen LogP contribution >= 0.6 is 0 Å². The topological polar surface area (TPSA) is 248 Å². The van der Waals surface area contributed by atoms with Crippen LogP contribution in [-0.2, 0) is 58.7 Å². The third-order valence-electron chi connectivity index (χ3n) is 10.4. The van der Waals surface area contributed by atoms with Crippen LogP contribution in [0.2, 0.25) is 0 Å². The summed E-state index contributed by atoms with van der Waals surface area (Å²) in [5.74, 6) is -2.39. The van der Waals surface area contributed by atoms with Crippen molar-refractivity contribution in [2.24, 2.45) is 11.7 Å². The Morgan fingerprint density at radius 2 is 1.71 bits per heavy atom. The molecule has 4 aromatic rings. The zero-order chi connectivity index (χ0) is 44.9. The summed E-state index contributed by atoms with van der Waals surface area (Å²) < 4.78 is 23.5. The maximum atomic E-state index is 13.8. The molecule has 2 aliphatic heterocycles. The number of pyridine rings is 2. The van der Waals surface area contributed by atoms with Gasteiger partial charge >= 0.3 is 24.2 Å². The summed E-state index contributed by atoms with van der Waals surface area (Å²) in [7, 11) is 0. The SMILES string of the molecule is CC[C@@]1(OC(=O)OCc2ccc(NC(=O)[C@H](CCCNC(N)=O)NC(=O)[C@@H](NC(=O)OC(C)(C)C)C(C)C)cc2)C(=O)OCc2c1cc1n(c2=O)Cc2cc3ccccc3nc2-1. The first-order valence-electron chi connectivity index (χ1n) is 20.3. The first-order valence-corrected chi connectivity index (χ1v) is 20.3. The number of alkyl carbamates (subject to hydrolysis) is 1. The van der Waals surface area contributed by atoms with Crippen molar-refractivity contribution < 1.29 is 47.7 Å². The van der Waals surface area contributed by atoms with Crippen molar-refractivity contribution in [3.63, 3.8) is 0 Å². The Balaban J connectivity index is 1.12. The quantitative estimate of drug-likeness (QED) is 0.0571. The molecule has 0 aliphatic carbocycles. The number of hydrogen-bond acceptors (Lipinski definition) is 12. The molecule has 18 nitrogen and oxygen atoms in total. The second-order valence-electron chi connectivity index (χ2n) is 16.4. The summed E-state index contributed by atoms with van der Waals surface area (Å²) in [6, 6.07) is 14.7. The largest absolute Gasteiger partial charge is 0.510 e. The highest BCUT2D eigenvalue weighted by molar-refractivity contribution is 5.98. The van der Waals surface area contributed by atoms with Crippen LogP contribution in [0, 0.1) is 5.92 Å². The number of carbonyl (C=O) groups excluding carboxylic acids is 6. The highest BCUT2D eigenvalue weighted by Gasteiger charge is 2.51. The second-order valence-corrected chi connectivity index (χ2v) is 16.4. The third-order valence-corrected chi connectivity index (χ3v) is 10.4. The van der Waals surface area contributed by atoms with E-state index >= 15 is 0 Å². The van der Waals surface area contributed by atoms with Crippen LogP contribution in [0.1, 0.15) is 83.1 Å². The molecule has 3 atom stereocenters. The molecule has 2 aromatic carbocycles. The number of rotatable bonds is 14. The molecular formula is C44H51N7O11. The Bertz CT molecular complexity index is 2460. The summed E-state index contributed by atoms with van der Waals surface area (Å²) in [6.07, 6.45) is -1.63. The normalized spacial score (nSPS) is 16.1. The van der Waals surface area contributed by atoms with Gasteiger partial charge in [0.2, 0.25) is 17.4 Å². The van der Waals surface area contributed by atoms with E-state index in [0.29, 0.717) is 22.6 Å². The number of urea groups is 1. The van der Waals surface area contributed by atoms with E-state index in [0.717, 1.165) is 16.5 Å². The van der Waals surface area contributed by atoms with Crippen molar-refractivity contribution >= 4 is 52.7 Å². The summed E-state index contributed by atoms with van der Waals surface area (Å²) in [6.45, 7) is 10.0. The van der Waals surface area contributed by atoms with E-state index in [1.165, 1.54) is 0 Å². The van der Waals surface area contributed by atoms with Gasteiger partial charge in [-0.1, -0.05) is 51.1 Å². The van der Waals surface area contributed by atoms with Crippen LogP contribution in [0.3, 0.4) is 0 Å². The zero-order valence-electron chi connectivity index (χ0n) is 35.4. The van der Waals surface area contributed by atoms with Crippen molar-refractivity contribution in [3.05, 3.63) is 93.3 Å².